The van der Waals surface area contributed by atoms with Crippen LogP contribution in [0, 0.1) is 6.92 Å². The summed E-state index contributed by atoms with van der Waals surface area (Å²) in [5.74, 6) is 0.995. The summed E-state index contributed by atoms with van der Waals surface area (Å²) in [5, 5.41) is 3.44. The van der Waals surface area contributed by atoms with Gasteiger partial charge in [0, 0.05) is 18.3 Å². The van der Waals surface area contributed by atoms with Gasteiger partial charge in [-0.3, -0.25) is 0 Å². The molecule has 2 aromatic rings. The van der Waals surface area contributed by atoms with Gasteiger partial charge in [0.15, 0.2) is 0 Å². The van der Waals surface area contributed by atoms with E-state index < -0.39 is 0 Å². The van der Waals surface area contributed by atoms with Crippen molar-refractivity contribution in [2.45, 2.75) is 51.6 Å². The van der Waals surface area contributed by atoms with Gasteiger partial charge in [0.2, 0.25) is 0 Å². The molecule has 0 bridgehead atoms. The van der Waals surface area contributed by atoms with Crippen LogP contribution in [-0.4, -0.2) is 16.0 Å². The highest BCUT2D eigenvalue weighted by molar-refractivity contribution is 5.39. The normalized spacial score (nSPS) is 16.2. The van der Waals surface area contributed by atoms with Gasteiger partial charge < -0.3 is 5.32 Å². The lowest BCUT2D eigenvalue weighted by molar-refractivity contribution is 0.575. The Labute approximate surface area is 126 Å². The van der Waals surface area contributed by atoms with Crippen molar-refractivity contribution in [1.29, 1.82) is 0 Å². The minimum Gasteiger partial charge on any atom is -0.309 e. The first-order chi connectivity index (χ1) is 10.1. The molecule has 110 valence electrons. The van der Waals surface area contributed by atoms with E-state index >= 15 is 0 Å². The Balaban J connectivity index is 1.92. The summed E-state index contributed by atoms with van der Waals surface area (Å²) in [6.45, 7) is 7.17. The van der Waals surface area contributed by atoms with E-state index in [1.807, 2.05) is 0 Å². The first-order valence-electron chi connectivity index (χ1n) is 7.74. The molecule has 1 fully saturated rings. The number of aryl methyl sites for hydroxylation is 1. The van der Waals surface area contributed by atoms with E-state index in [1.165, 1.54) is 5.56 Å². The summed E-state index contributed by atoms with van der Waals surface area (Å²) < 4.78 is 0. The van der Waals surface area contributed by atoms with Crippen LogP contribution >= 0.6 is 0 Å². The van der Waals surface area contributed by atoms with Crippen LogP contribution in [0.1, 0.15) is 49.5 Å². The second-order valence-corrected chi connectivity index (χ2v) is 6.31. The molecule has 1 heterocycles. The smallest absolute Gasteiger partial charge is 0.139 e. The first-order valence-corrected chi connectivity index (χ1v) is 7.74. The quantitative estimate of drug-likeness (QED) is 0.913. The zero-order chi connectivity index (χ0) is 14.9. The number of nitrogens with zero attached hydrogens (tertiary/aromatic N) is 2. The van der Waals surface area contributed by atoms with Crippen molar-refractivity contribution in [3.8, 4) is 0 Å². The highest BCUT2D eigenvalue weighted by atomic mass is 15.0. The van der Waals surface area contributed by atoms with Gasteiger partial charge in [-0.1, -0.05) is 44.2 Å². The topological polar surface area (TPSA) is 37.8 Å². The molecule has 1 N–H and O–H groups in total. The van der Waals surface area contributed by atoms with E-state index in [2.05, 4.69) is 62.5 Å². The average Bonchev–Trinajstić information content (AvgIpc) is 3.27. The van der Waals surface area contributed by atoms with Crippen LogP contribution in [0.2, 0.25) is 0 Å². The summed E-state index contributed by atoms with van der Waals surface area (Å²) >= 11 is 0. The fourth-order valence-corrected chi connectivity index (χ4v) is 2.77. The lowest BCUT2D eigenvalue weighted by atomic mass is 9.95. The zero-order valence-corrected chi connectivity index (χ0v) is 13.1. The lowest BCUT2D eigenvalue weighted by Gasteiger charge is -2.16. The number of nitrogens with one attached hydrogen (secondary N) is 1. The van der Waals surface area contributed by atoms with E-state index in [0.717, 1.165) is 36.6 Å². The predicted octanol–water partition coefficient (Wildman–Crippen LogP) is 3.36. The Morgan fingerprint density at radius 2 is 1.86 bits per heavy atom. The van der Waals surface area contributed by atoms with Gasteiger partial charge in [0.1, 0.15) is 5.82 Å². The van der Waals surface area contributed by atoms with Crippen LogP contribution in [0.15, 0.2) is 36.4 Å². The van der Waals surface area contributed by atoms with Gasteiger partial charge >= 0.3 is 0 Å². The highest BCUT2D eigenvalue weighted by Gasteiger charge is 2.48. The molecule has 1 aromatic heterocycles. The van der Waals surface area contributed by atoms with Gasteiger partial charge in [0.05, 0.1) is 11.1 Å². The monoisotopic (exact) mass is 281 g/mol. The van der Waals surface area contributed by atoms with Crippen LogP contribution in [0.3, 0.4) is 0 Å². The number of aromatic nitrogens is 2. The molecule has 0 unspecified atom stereocenters. The van der Waals surface area contributed by atoms with Gasteiger partial charge in [-0.05, 0) is 31.4 Å². The maximum absolute atomic E-state index is 4.84. The van der Waals surface area contributed by atoms with Gasteiger partial charge in [-0.25, -0.2) is 9.97 Å². The fourth-order valence-electron chi connectivity index (χ4n) is 2.77. The Morgan fingerprint density at radius 3 is 2.48 bits per heavy atom. The molecule has 1 aromatic carbocycles. The molecule has 1 saturated carbocycles. The molecule has 0 saturated heterocycles. The van der Waals surface area contributed by atoms with Crippen molar-refractivity contribution in [3.05, 3.63) is 59.2 Å². The van der Waals surface area contributed by atoms with Crippen molar-refractivity contribution in [2.24, 2.45) is 0 Å². The molecule has 1 aliphatic carbocycles. The van der Waals surface area contributed by atoms with E-state index in [1.54, 1.807) is 0 Å². The van der Waals surface area contributed by atoms with Crippen molar-refractivity contribution in [2.75, 3.05) is 0 Å². The maximum Gasteiger partial charge on any atom is 0.139 e. The van der Waals surface area contributed by atoms with Crippen molar-refractivity contribution < 1.29 is 0 Å². The second-order valence-electron chi connectivity index (χ2n) is 6.31. The van der Waals surface area contributed by atoms with E-state index in [9.17, 15) is 0 Å². The number of hydrogen-bond donors (Lipinski definition) is 1. The average molecular weight is 281 g/mol. The fraction of sp³-hybridized carbons (Fsp3) is 0.444. The number of rotatable bonds is 5. The Bertz CT molecular complexity index is 616. The van der Waals surface area contributed by atoms with Crippen molar-refractivity contribution in [3.63, 3.8) is 0 Å². The highest BCUT2D eigenvalue weighted by Crippen LogP contribution is 2.52. The van der Waals surface area contributed by atoms with Gasteiger partial charge in [-0.2, -0.15) is 0 Å². The molecule has 0 radical (unpaired) electrons. The molecule has 3 heteroatoms. The largest absolute Gasteiger partial charge is 0.309 e. The summed E-state index contributed by atoms with van der Waals surface area (Å²) in [7, 11) is 0. The molecule has 3 rings (SSSR count). The Hall–Kier alpha value is -1.74. The molecular weight excluding hydrogens is 258 g/mol. The SMILES string of the molecule is Cc1cc(CNC(C)C)nc(C2(c3ccccc3)CC2)n1. The standard InChI is InChI=1S/C18H23N3/c1-13(2)19-12-16-11-14(3)20-17(21-16)18(9-10-18)15-7-5-4-6-8-15/h4-8,11,13,19H,9-10,12H2,1-3H3. The first kappa shape index (κ1) is 14.2. The summed E-state index contributed by atoms with van der Waals surface area (Å²) in [6, 6.07) is 13.2. The van der Waals surface area contributed by atoms with Crippen LogP contribution in [0.25, 0.3) is 0 Å². The van der Waals surface area contributed by atoms with Crippen molar-refractivity contribution >= 4 is 0 Å². The minimum atomic E-state index is 0.0554. The molecule has 0 spiro atoms. The van der Waals surface area contributed by atoms with Crippen LogP contribution in [0.5, 0.6) is 0 Å². The summed E-state index contributed by atoms with van der Waals surface area (Å²) in [6.07, 6.45) is 2.30. The van der Waals surface area contributed by atoms with Crippen LogP contribution < -0.4 is 5.32 Å². The third kappa shape index (κ3) is 2.98. The van der Waals surface area contributed by atoms with Crippen molar-refractivity contribution in [1.82, 2.24) is 15.3 Å². The minimum absolute atomic E-state index is 0.0554. The molecule has 0 atom stereocenters. The third-order valence-electron chi connectivity index (χ3n) is 4.10. The number of benzene rings is 1. The summed E-state index contributed by atoms with van der Waals surface area (Å²) in [5.41, 5.74) is 3.55. The van der Waals surface area contributed by atoms with E-state index in [4.69, 9.17) is 9.97 Å². The molecule has 3 nitrogen and oxygen atoms in total. The number of hydrogen-bond acceptors (Lipinski definition) is 3. The molecule has 0 amide bonds. The van der Waals surface area contributed by atoms with Gasteiger partial charge in [-0.15, -0.1) is 0 Å². The van der Waals surface area contributed by atoms with E-state index in [-0.39, 0.29) is 5.41 Å². The third-order valence-corrected chi connectivity index (χ3v) is 4.10. The molecule has 21 heavy (non-hydrogen) atoms. The summed E-state index contributed by atoms with van der Waals surface area (Å²) in [4.78, 5) is 9.58. The molecule has 0 aliphatic heterocycles. The predicted molar refractivity (Wildman–Crippen MR) is 85.2 cm³/mol. The Morgan fingerprint density at radius 1 is 1.14 bits per heavy atom. The maximum atomic E-state index is 4.84. The second kappa shape index (κ2) is 5.57. The molecular formula is C18H23N3. The van der Waals surface area contributed by atoms with Crippen LogP contribution in [0.4, 0.5) is 0 Å². The lowest BCUT2D eigenvalue weighted by Crippen LogP contribution is -2.24. The van der Waals surface area contributed by atoms with Crippen LogP contribution in [-0.2, 0) is 12.0 Å². The zero-order valence-electron chi connectivity index (χ0n) is 13.1. The molecule has 1 aliphatic rings. The Kier molecular flexibility index (Phi) is 3.77. The van der Waals surface area contributed by atoms with E-state index in [0.29, 0.717) is 6.04 Å². The van der Waals surface area contributed by atoms with Gasteiger partial charge in [0.25, 0.3) is 0 Å².